The standard InChI is InChI=1S/C15H21N3/c1-10(2)17-14-4-3-5-15(13(14)7-16)18-8-11-6-12(11)9-18/h3-5,7,10-12,16-17H,6,8-9H2,1-2H3. The van der Waals surface area contributed by atoms with Gasteiger partial charge in [0, 0.05) is 42.3 Å². The van der Waals surface area contributed by atoms with E-state index in [2.05, 4.69) is 42.3 Å². The molecular formula is C15H21N3. The number of nitrogens with one attached hydrogen (secondary N) is 2. The lowest BCUT2D eigenvalue weighted by Gasteiger charge is -2.24. The molecule has 1 saturated carbocycles. The molecule has 1 aromatic rings. The van der Waals surface area contributed by atoms with Crippen LogP contribution in [0.5, 0.6) is 0 Å². The highest BCUT2D eigenvalue weighted by molar-refractivity contribution is 5.94. The van der Waals surface area contributed by atoms with Crippen LogP contribution in [0.15, 0.2) is 18.2 Å². The van der Waals surface area contributed by atoms with Crippen molar-refractivity contribution in [3.8, 4) is 0 Å². The lowest BCUT2D eigenvalue weighted by atomic mass is 10.1. The van der Waals surface area contributed by atoms with Crippen molar-refractivity contribution in [2.45, 2.75) is 26.3 Å². The van der Waals surface area contributed by atoms with Crippen LogP contribution in [-0.4, -0.2) is 25.3 Å². The van der Waals surface area contributed by atoms with Gasteiger partial charge in [0.1, 0.15) is 0 Å². The van der Waals surface area contributed by atoms with Gasteiger partial charge in [-0.15, -0.1) is 0 Å². The molecule has 0 spiro atoms. The second-order valence-electron chi connectivity index (χ2n) is 5.84. The molecule has 2 aliphatic rings. The van der Waals surface area contributed by atoms with Crippen molar-refractivity contribution in [3.63, 3.8) is 0 Å². The molecule has 3 heteroatoms. The Balaban J connectivity index is 1.90. The second-order valence-corrected chi connectivity index (χ2v) is 5.84. The summed E-state index contributed by atoms with van der Waals surface area (Å²) >= 11 is 0. The summed E-state index contributed by atoms with van der Waals surface area (Å²) in [6.45, 7) is 6.62. The van der Waals surface area contributed by atoms with E-state index >= 15 is 0 Å². The molecule has 1 aliphatic heterocycles. The van der Waals surface area contributed by atoms with Gasteiger partial charge in [-0.1, -0.05) is 6.07 Å². The summed E-state index contributed by atoms with van der Waals surface area (Å²) in [5.41, 5.74) is 3.34. The van der Waals surface area contributed by atoms with Crippen molar-refractivity contribution in [2.75, 3.05) is 23.3 Å². The summed E-state index contributed by atoms with van der Waals surface area (Å²) < 4.78 is 0. The van der Waals surface area contributed by atoms with Gasteiger partial charge in [-0.2, -0.15) is 0 Å². The Labute approximate surface area is 109 Å². The molecule has 0 radical (unpaired) electrons. The molecule has 2 unspecified atom stereocenters. The third-order valence-electron chi connectivity index (χ3n) is 3.99. The zero-order chi connectivity index (χ0) is 12.7. The highest BCUT2D eigenvalue weighted by Crippen LogP contribution is 2.47. The largest absolute Gasteiger partial charge is 0.382 e. The molecule has 0 bridgehead atoms. The third-order valence-corrected chi connectivity index (χ3v) is 3.99. The summed E-state index contributed by atoms with van der Waals surface area (Å²) in [6, 6.07) is 6.71. The monoisotopic (exact) mass is 243 g/mol. The van der Waals surface area contributed by atoms with E-state index in [-0.39, 0.29) is 0 Å². The molecule has 2 fully saturated rings. The first-order valence-corrected chi connectivity index (χ1v) is 6.84. The van der Waals surface area contributed by atoms with Crippen molar-refractivity contribution in [3.05, 3.63) is 23.8 Å². The zero-order valence-corrected chi connectivity index (χ0v) is 11.1. The lowest BCUT2D eigenvalue weighted by Crippen LogP contribution is -2.24. The Hall–Kier alpha value is -1.51. The van der Waals surface area contributed by atoms with E-state index in [1.165, 1.54) is 31.4 Å². The van der Waals surface area contributed by atoms with Crippen LogP contribution in [0.1, 0.15) is 25.8 Å². The van der Waals surface area contributed by atoms with E-state index in [1.807, 2.05) is 0 Å². The number of nitrogens with zero attached hydrogens (tertiary/aromatic N) is 1. The fourth-order valence-electron chi connectivity index (χ4n) is 3.01. The number of hydrogen-bond acceptors (Lipinski definition) is 3. The molecule has 3 nitrogen and oxygen atoms in total. The van der Waals surface area contributed by atoms with Crippen LogP contribution in [0.25, 0.3) is 0 Å². The van der Waals surface area contributed by atoms with Crippen LogP contribution < -0.4 is 10.2 Å². The van der Waals surface area contributed by atoms with Crippen LogP contribution in [0.2, 0.25) is 0 Å². The van der Waals surface area contributed by atoms with Gasteiger partial charge in [-0.25, -0.2) is 0 Å². The van der Waals surface area contributed by atoms with Crippen molar-refractivity contribution in [1.82, 2.24) is 0 Å². The predicted octanol–water partition coefficient (Wildman–Crippen LogP) is 2.96. The smallest absolute Gasteiger partial charge is 0.0476 e. The van der Waals surface area contributed by atoms with E-state index < -0.39 is 0 Å². The number of hydrogen-bond donors (Lipinski definition) is 2. The number of anilines is 2. The maximum absolute atomic E-state index is 7.70. The van der Waals surface area contributed by atoms with E-state index in [0.717, 1.165) is 23.1 Å². The van der Waals surface area contributed by atoms with Gasteiger partial charge < -0.3 is 15.6 Å². The predicted molar refractivity (Wildman–Crippen MR) is 76.9 cm³/mol. The minimum absolute atomic E-state index is 0.394. The maximum Gasteiger partial charge on any atom is 0.0476 e. The fraction of sp³-hybridized carbons (Fsp3) is 0.533. The summed E-state index contributed by atoms with van der Waals surface area (Å²) in [7, 11) is 0. The highest BCUT2D eigenvalue weighted by atomic mass is 15.2. The average Bonchev–Trinajstić information content (AvgIpc) is 2.95. The van der Waals surface area contributed by atoms with Crippen LogP contribution in [-0.2, 0) is 0 Å². The van der Waals surface area contributed by atoms with Gasteiger partial charge >= 0.3 is 0 Å². The van der Waals surface area contributed by atoms with Crippen LogP contribution in [0.3, 0.4) is 0 Å². The van der Waals surface area contributed by atoms with Crippen molar-refractivity contribution < 1.29 is 0 Å². The maximum atomic E-state index is 7.70. The average molecular weight is 243 g/mol. The molecule has 3 rings (SSSR count). The van der Waals surface area contributed by atoms with Crippen molar-refractivity contribution >= 4 is 17.6 Å². The topological polar surface area (TPSA) is 39.1 Å². The van der Waals surface area contributed by atoms with Crippen LogP contribution >= 0.6 is 0 Å². The number of piperidine rings is 1. The number of fused-ring (bicyclic) bond motifs is 1. The molecule has 1 aromatic carbocycles. The molecule has 1 heterocycles. The normalized spacial score (nSPS) is 25.2. The molecule has 1 saturated heterocycles. The highest BCUT2D eigenvalue weighted by Gasteiger charge is 2.45. The summed E-state index contributed by atoms with van der Waals surface area (Å²) in [6.07, 6.45) is 2.91. The Morgan fingerprint density at radius 1 is 1.33 bits per heavy atom. The summed E-state index contributed by atoms with van der Waals surface area (Å²) in [5, 5.41) is 11.1. The molecule has 2 atom stereocenters. The van der Waals surface area contributed by atoms with Crippen molar-refractivity contribution in [1.29, 1.82) is 5.41 Å². The Morgan fingerprint density at radius 3 is 2.67 bits per heavy atom. The van der Waals surface area contributed by atoms with Crippen LogP contribution in [0, 0.1) is 17.2 Å². The van der Waals surface area contributed by atoms with Gasteiger partial charge in [0.15, 0.2) is 0 Å². The minimum atomic E-state index is 0.394. The first-order valence-electron chi connectivity index (χ1n) is 6.84. The second kappa shape index (κ2) is 4.30. The number of rotatable bonds is 4. The SMILES string of the molecule is CC(C)Nc1cccc(N2CC3CC3C2)c1C=N. The van der Waals surface area contributed by atoms with Gasteiger partial charge in [-0.3, -0.25) is 0 Å². The molecule has 0 amide bonds. The molecule has 18 heavy (non-hydrogen) atoms. The van der Waals surface area contributed by atoms with Crippen molar-refractivity contribution in [2.24, 2.45) is 11.8 Å². The third kappa shape index (κ3) is 1.98. The van der Waals surface area contributed by atoms with Crippen LogP contribution in [0.4, 0.5) is 11.4 Å². The van der Waals surface area contributed by atoms with E-state index in [4.69, 9.17) is 5.41 Å². The summed E-state index contributed by atoms with van der Waals surface area (Å²) in [5.74, 6) is 1.84. The molecule has 1 aliphatic carbocycles. The quantitative estimate of drug-likeness (QED) is 0.798. The Kier molecular flexibility index (Phi) is 2.77. The van der Waals surface area contributed by atoms with Gasteiger partial charge in [0.25, 0.3) is 0 Å². The first-order chi connectivity index (χ1) is 8.69. The van der Waals surface area contributed by atoms with E-state index in [0.29, 0.717) is 6.04 Å². The van der Waals surface area contributed by atoms with Gasteiger partial charge in [0.2, 0.25) is 0 Å². The summed E-state index contributed by atoms with van der Waals surface area (Å²) in [4.78, 5) is 2.45. The fourth-order valence-corrected chi connectivity index (χ4v) is 3.01. The van der Waals surface area contributed by atoms with Gasteiger partial charge in [0.05, 0.1) is 0 Å². The van der Waals surface area contributed by atoms with E-state index in [1.54, 1.807) is 0 Å². The first kappa shape index (κ1) is 11.6. The van der Waals surface area contributed by atoms with Gasteiger partial charge in [-0.05, 0) is 44.2 Å². The Bertz CT molecular complexity index is 457. The van der Waals surface area contributed by atoms with E-state index in [9.17, 15) is 0 Å². The molecule has 96 valence electrons. The molecule has 0 aromatic heterocycles. The number of benzene rings is 1. The minimum Gasteiger partial charge on any atom is -0.382 e. The zero-order valence-electron chi connectivity index (χ0n) is 11.1. The lowest BCUT2D eigenvalue weighted by molar-refractivity contribution is 0.818. The molecular weight excluding hydrogens is 222 g/mol. The molecule has 2 N–H and O–H groups in total. The Morgan fingerprint density at radius 2 is 2.06 bits per heavy atom.